The highest BCUT2D eigenvalue weighted by molar-refractivity contribution is 5.80. The largest absolute Gasteiger partial charge is 0.481 e. The molecule has 0 spiro atoms. The van der Waals surface area contributed by atoms with Crippen LogP contribution in [0.4, 0.5) is 4.39 Å². The third kappa shape index (κ3) is 4.50. The van der Waals surface area contributed by atoms with Crippen molar-refractivity contribution >= 4 is 5.96 Å². The Bertz CT molecular complexity index is 774. The number of ether oxygens (including phenoxy) is 1. The Morgan fingerprint density at radius 3 is 2.73 bits per heavy atom. The maximum Gasteiger partial charge on any atom is 0.213 e. The van der Waals surface area contributed by atoms with E-state index in [0.29, 0.717) is 12.4 Å². The van der Waals surface area contributed by atoms with Gasteiger partial charge in [-0.2, -0.15) is 0 Å². The van der Waals surface area contributed by atoms with Gasteiger partial charge in [0, 0.05) is 24.6 Å². The predicted molar refractivity (Wildman–Crippen MR) is 101 cm³/mol. The third-order valence-corrected chi connectivity index (χ3v) is 4.62. The van der Waals surface area contributed by atoms with E-state index in [1.54, 1.807) is 19.2 Å². The summed E-state index contributed by atoms with van der Waals surface area (Å²) in [6.45, 7) is 3.98. The Morgan fingerprint density at radius 1 is 1.23 bits per heavy atom. The smallest absolute Gasteiger partial charge is 0.213 e. The van der Waals surface area contributed by atoms with Crippen LogP contribution in [0.2, 0.25) is 0 Å². The number of benzene rings is 1. The average Bonchev–Trinajstić information content (AvgIpc) is 3.45. The highest BCUT2D eigenvalue weighted by Crippen LogP contribution is 2.47. The number of rotatable bonds is 7. The Kier molecular flexibility index (Phi) is 5.71. The molecule has 0 aliphatic heterocycles. The minimum Gasteiger partial charge on any atom is -0.481 e. The molecular formula is C20H25FN4O. The highest BCUT2D eigenvalue weighted by Gasteiger charge is 2.44. The van der Waals surface area contributed by atoms with Gasteiger partial charge in [0.1, 0.15) is 5.82 Å². The summed E-state index contributed by atoms with van der Waals surface area (Å²) in [5, 5.41) is 6.65. The van der Waals surface area contributed by atoms with Crippen molar-refractivity contribution in [3.8, 4) is 5.88 Å². The Morgan fingerprint density at radius 2 is 2.04 bits per heavy atom. The Labute approximate surface area is 153 Å². The predicted octanol–water partition coefficient (Wildman–Crippen LogP) is 3.02. The maximum atomic E-state index is 13.5. The number of nitrogens with one attached hydrogen (secondary N) is 2. The minimum absolute atomic E-state index is 0.00646. The lowest BCUT2D eigenvalue weighted by Crippen LogP contribution is -2.41. The SMILES string of the molecule is CCNC(=NCc1cccc(OC)n1)NCC1(c2cccc(F)c2)CC1. The van der Waals surface area contributed by atoms with Gasteiger partial charge in [0.2, 0.25) is 5.88 Å². The average molecular weight is 356 g/mol. The first-order chi connectivity index (χ1) is 12.6. The first-order valence-corrected chi connectivity index (χ1v) is 8.93. The zero-order valence-electron chi connectivity index (χ0n) is 15.3. The standard InChI is InChI=1S/C20H25FN4O/c1-3-22-19(23-13-17-8-5-9-18(25-17)26-2)24-14-20(10-11-20)15-6-4-7-16(21)12-15/h4-9,12H,3,10-11,13-14H2,1-2H3,(H2,22,23,24). The third-order valence-electron chi connectivity index (χ3n) is 4.62. The van der Waals surface area contributed by atoms with Gasteiger partial charge in [-0.1, -0.05) is 18.2 Å². The molecule has 1 aromatic heterocycles. The van der Waals surface area contributed by atoms with Crippen LogP contribution in [-0.4, -0.2) is 31.1 Å². The number of hydrogen-bond acceptors (Lipinski definition) is 3. The second kappa shape index (κ2) is 8.17. The monoisotopic (exact) mass is 356 g/mol. The van der Waals surface area contributed by atoms with E-state index in [1.165, 1.54) is 6.07 Å². The van der Waals surface area contributed by atoms with E-state index in [4.69, 9.17) is 4.74 Å². The number of guanidine groups is 1. The van der Waals surface area contributed by atoms with Crippen molar-refractivity contribution in [1.29, 1.82) is 0 Å². The van der Waals surface area contributed by atoms with Crippen LogP contribution in [0.1, 0.15) is 31.0 Å². The second-order valence-corrected chi connectivity index (χ2v) is 6.51. The maximum absolute atomic E-state index is 13.5. The summed E-state index contributed by atoms with van der Waals surface area (Å²) >= 11 is 0. The molecule has 1 aliphatic carbocycles. The number of hydrogen-bond donors (Lipinski definition) is 2. The molecule has 1 fully saturated rings. The highest BCUT2D eigenvalue weighted by atomic mass is 19.1. The van der Waals surface area contributed by atoms with E-state index in [9.17, 15) is 4.39 Å². The van der Waals surface area contributed by atoms with Crippen LogP contribution < -0.4 is 15.4 Å². The number of halogens is 1. The second-order valence-electron chi connectivity index (χ2n) is 6.51. The topological polar surface area (TPSA) is 58.5 Å². The molecule has 0 saturated heterocycles. The molecule has 26 heavy (non-hydrogen) atoms. The fourth-order valence-electron chi connectivity index (χ4n) is 2.95. The van der Waals surface area contributed by atoms with Crippen LogP contribution in [0.5, 0.6) is 5.88 Å². The molecule has 1 heterocycles. The summed E-state index contributed by atoms with van der Waals surface area (Å²) in [7, 11) is 1.60. The van der Waals surface area contributed by atoms with E-state index in [-0.39, 0.29) is 11.2 Å². The van der Waals surface area contributed by atoms with Crippen LogP contribution >= 0.6 is 0 Å². The number of pyridine rings is 1. The molecule has 0 amide bonds. The lowest BCUT2D eigenvalue weighted by molar-refractivity contribution is 0.396. The summed E-state index contributed by atoms with van der Waals surface area (Å²) < 4.78 is 18.7. The molecule has 0 radical (unpaired) electrons. The molecule has 1 aliphatic rings. The number of methoxy groups -OCH3 is 1. The Balaban J connectivity index is 1.65. The number of aromatic nitrogens is 1. The van der Waals surface area contributed by atoms with Crippen LogP contribution in [-0.2, 0) is 12.0 Å². The summed E-state index contributed by atoms with van der Waals surface area (Å²) in [4.78, 5) is 8.98. The summed E-state index contributed by atoms with van der Waals surface area (Å²) in [5.74, 6) is 1.14. The quantitative estimate of drug-likeness (QED) is 0.591. The molecule has 2 N–H and O–H groups in total. The number of aliphatic imine (C=N–C) groups is 1. The van der Waals surface area contributed by atoms with Gasteiger partial charge in [0.25, 0.3) is 0 Å². The summed E-state index contributed by atoms with van der Waals surface area (Å²) in [5.41, 5.74) is 1.90. The van der Waals surface area contributed by atoms with Crippen LogP contribution in [0, 0.1) is 5.82 Å². The van der Waals surface area contributed by atoms with Crippen LogP contribution in [0.25, 0.3) is 0 Å². The molecule has 0 bridgehead atoms. The first-order valence-electron chi connectivity index (χ1n) is 8.93. The van der Waals surface area contributed by atoms with Crippen molar-refractivity contribution in [2.24, 2.45) is 4.99 Å². The lowest BCUT2D eigenvalue weighted by atomic mass is 9.96. The van der Waals surface area contributed by atoms with E-state index in [1.807, 2.05) is 31.2 Å². The molecular weight excluding hydrogens is 331 g/mol. The molecule has 138 valence electrons. The van der Waals surface area contributed by atoms with Crippen molar-refractivity contribution in [3.63, 3.8) is 0 Å². The van der Waals surface area contributed by atoms with Crippen molar-refractivity contribution < 1.29 is 9.13 Å². The molecule has 5 nitrogen and oxygen atoms in total. The molecule has 3 rings (SSSR count). The van der Waals surface area contributed by atoms with Gasteiger partial charge in [0.05, 0.1) is 19.3 Å². The van der Waals surface area contributed by atoms with Crippen molar-refractivity contribution in [3.05, 3.63) is 59.5 Å². The van der Waals surface area contributed by atoms with Gasteiger partial charge in [-0.05, 0) is 43.5 Å². The van der Waals surface area contributed by atoms with Crippen molar-refractivity contribution in [1.82, 2.24) is 15.6 Å². The molecule has 0 unspecified atom stereocenters. The lowest BCUT2D eigenvalue weighted by Gasteiger charge is -2.19. The zero-order valence-corrected chi connectivity index (χ0v) is 15.3. The molecule has 2 aromatic rings. The fraction of sp³-hybridized carbons (Fsp3) is 0.400. The normalized spacial score (nSPS) is 15.4. The van der Waals surface area contributed by atoms with Crippen LogP contribution in [0.3, 0.4) is 0 Å². The molecule has 1 saturated carbocycles. The van der Waals surface area contributed by atoms with Gasteiger partial charge in [-0.3, -0.25) is 0 Å². The van der Waals surface area contributed by atoms with Gasteiger partial charge in [-0.25, -0.2) is 14.4 Å². The van der Waals surface area contributed by atoms with Gasteiger partial charge < -0.3 is 15.4 Å². The van der Waals surface area contributed by atoms with E-state index >= 15 is 0 Å². The van der Waals surface area contributed by atoms with Gasteiger partial charge in [-0.15, -0.1) is 0 Å². The van der Waals surface area contributed by atoms with Crippen LogP contribution in [0.15, 0.2) is 47.5 Å². The molecule has 0 atom stereocenters. The fourth-order valence-corrected chi connectivity index (χ4v) is 2.95. The van der Waals surface area contributed by atoms with Gasteiger partial charge >= 0.3 is 0 Å². The first kappa shape index (κ1) is 18.2. The van der Waals surface area contributed by atoms with E-state index in [2.05, 4.69) is 20.6 Å². The summed E-state index contributed by atoms with van der Waals surface area (Å²) in [6.07, 6.45) is 2.11. The number of nitrogens with zero attached hydrogens (tertiary/aromatic N) is 2. The van der Waals surface area contributed by atoms with Crippen molar-refractivity contribution in [2.75, 3.05) is 20.2 Å². The van der Waals surface area contributed by atoms with E-state index < -0.39 is 0 Å². The minimum atomic E-state index is -0.182. The van der Waals surface area contributed by atoms with Gasteiger partial charge in [0.15, 0.2) is 5.96 Å². The zero-order chi connectivity index (χ0) is 18.4. The summed E-state index contributed by atoms with van der Waals surface area (Å²) in [6, 6.07) is 12.5. The molecule has 6 heteroatoms. The Hall–Kier alpha value is -2.63. The van der Waals surface area contributed by atoms with Crippen molar-refractivity contribution in [2.45, 2.75) is 31.7 Å². The molecule has 1 aromatic carbocycles. The van der Waals surface area contributed by atoms with E-state index in [0.717, 1.165) is 43.1 Å².